The fourth-order valence-corrected chi connectivity index (χ4v) is 3.39. The van der Waals surface area contributed by atoms with Gasteiger partial charge in [-0.2, -0.15) is 0 Å². The molecule has 0 bridgehead atoms. The Hall–Kier alpha value is -2.29. The average molecular weight is 394 g/mol. The van der Waals surface area contributed by atoms with Crippen molar-refractivity contribution in [1.29, 1.82) is 0 Å². The topological polar surface area (TPSA) is 92.4 Å². The zero-order valence-electron chi connectivity index (χ0n) is 14.0. The number of sulfonamides is 1. The summed E-state index contributed by atoms with van der Waals surface area (Å²) in [6, 6.07) is 11.2. The molecule has 4 N–H and O–H groups in total. The Bertz CT molecular complexity index is 895. The number of thiocarbonyl (C=S) groups is 1. The van der Waals surface area contributed by atoms with E-state index in [9.17, 15) is 17.9 Å². The van der Waals surface area contributed by atoms with Crippen molar-refractivity contribution < 1.29 is 17.9 Å². The number of hydrogen-bond acceptors (Lipinski definition) is 4. The van der Waals surface area contributed by atoms with Gasteiger partial charge in [0.25, 0.3) is 10.0 Å². The van der Waals surface area contributed by atoms with Gasteiger partial charge in [-0.15, -0.1) is 0 Å². The van der Waals surface area contributed by atoms with E-state index in [1.807, 2.05) is 0 Å². The molecule has 5 nitrogen and oxygen atoms in total. The number of benzene rings is 2. The molecule has 0 aliphatic carbocycles. The number of hydrogen-bond donors (Lipinski definition) is 3. The van der Waals surface area contributed by atoms with E-state index >= 15 is 0 Å². The van der Waals surface area contributed by atoms with Crippen LogP contribution in [0.2, 0.25) is 0 Å². The summed E-state index contributed by atoms with van der Waals surface area (Å²) in [6.07, 6.45) is 2.57. The zero-order valence-corrected chi connectivity index (χ0v) is 15.6. The Morgan fingerprint density at radius 3 is 2.31 bits per heavy atom. The number of nitrogens with two attached hydrogens (primary N) is 1. The van der Waals surface area contributed by atoms with Crippen molar-refractivity contribution in [3.8, 4) is 0 Å². The van der Waals surface area contributed by atoms with E-state index < -0.39 is 21.9 Å². The molecule has 138 valence electrons. The van der Waals surface area contributed by atoms with Crippen LogP contribution in [0.4, 0.5) is 10.1 Å². The summed E-state index contributed by atoms with van der Waals surface area (Å²) in [4.78, 5) is 0.102. The van der Waals surface area contributed by atoms with Crippen LogP contribution >= 0.6 is 12.2 Å². The summed E-state index contributed by atoms with van der Waals surface area (Å²) in [5, 5.41) is 9.75. The lowest BCUT2D eigenvalue weighted by Crippen LogP contribution is -2.31. The Balaban J connectivity index is 2.10. The van der Waals surface area contributed by atoms with Crippen LogP contribution in [0.15, 0.2) is 59.5 Å². The van der Waals surface area contributed by atoms with Gasteiger partial charge in [0.15, 0.2) is 0 Å². The molecule has 2 unspecified atom stereocenters. The number of halogens is 1. The van der Waals surface area contributed by atoms with E-state index in [1.165, 1.54) is 36.4 Å². The lowest BCUT2D eigenvalue weighted by atomic mass is 10.0. The van der Waals surface area contributed by atoms with E-state index in [2.05, 4.69) is 4.72 Å². The SMILES string of the molecule is CC(/C=C/c1ccc(S(=O)(=O)Nc2ccc(F)cc2)cc1)C(O)C(N)=S. The van der Waals surface area contributed by atoms with Crippen molar-refractivity contribution in [3.63, 3.8) is 0 Å². The molecule has 0 amide bonds. The van der Waals surface area contributed by atoms with Crippen LogP contribution in [0.5, 0.6) is 0 Å². The molecule has 2 aromatic carbocycles. The average Bonchev–Trinajstić information content (AvgIpc) is 2.61. The maximum atomic E-state index is 12.9. The van der Waals surface area contributed by atoms with E-state index in [4.69, 9.17) is 18.0 Å². The van der Waals surface area contributed by atoms with Gasteiger partial charge >= 0.3 is 0 Å². The lowest BCUT2D eigenvalue weighted by Gasteiger charge is -2.13. The van der Waals surface area contributed by atoms with E-state index in [-0.39, 0.29) is 21.5 Å². The Kier molecular flexibility index (Phi) is 6.47. The molecular formula is C18H19FN2O3S2. The van der Waals surface area contributed by atoms with E-state index in [0.29, 0.717) is 0 Å². The summed E-state index contributed by atoms with van der Waals surface area (Å²) in [7, 11) is -3.77. The van der Waals surface area contributed by atoms with Crippen LogP contribution in [0.1, 0.15) is 12.5 Å². The van der Waals surface area contributed by atoms with Gasteiger partial charge in [0.1, 0.15) is 16.9 Å². The van der Waals surface area contributed by atoms with Gasteiger partial charge in [-0.1, -0.05) is 43.4 Å². The molecule has 0 heterocycles. The third kappa shape index (κ3) is 5.35. The Labute approximate surface area is 157 Å². The largest absolute Gasteiger partial charge is 0.391 e. The number of nitrogens with one attached hydrogen (secondary N) is 1. The highest BCUT2D eigenvalue weighted by Crippen LogP contribution is 2.18. The third-order valence-electron chi connectivity index (χ3n) is 3.67. The molecule has 2 aromatic rings. The van der Waals surface area contributed by atoms with Crippen molar-refractivity contribution in [2.75, 3.05) is 4.72 Å². The number of anilines is 1. The van der Waals surface area contributed by atoms with E-state index in [1.54, 1.807) is 31.2 Å². The second-order valence-electron chi connectivity index (χ2n) is 5.75. The maximum absolute atomic E-state index is 12.9. The second-order valence-corrected chi connectivity index (χ2v) is 7.90. The predicted octanol–water partition coefficient (Wildman–Crippen LogP) is 2.92. The zero-order chi connectivity index (χ0) is 19.3. The van der Waals surface area contributed by atoms with Gasteiger partial charge in [-0.05, 0) is 42.0 Å². The predicted molar refractivity (Wildman–Crippen MR) is 105 cm³/mol. The van der Waals surface area contributed by atoms with Gasteiger partial charge in [0, 0.05) is 11.6 Å². The molecule has 0 aliphatic heterocycles. The quantitative estimate of drug-likeness (QED) is 0.628. The molecule has 0 fully saturated rings. The first-order chi connectivity index (χ1) is 12.2. The maximum Gasteiger partial charge on any atom is 0.261 e. The molecule has 8 heteroatoms. The second kappa shape index (κ2) is 8.39. The van der Waals surface area contributed by atoms with Gasteiger partial charge < -0.3 is 10.8 Å². The molecule has 0 radical (unpaired) electrons. The highest BCUT2D eigenvalue weighted by atomic mass is 32.2. The molecule has 0 saturated heterocycles. The molecule has 2 rings (SSSR count). The van der Waals surface area contributed by atoms with Crippen molar-refractivity contribution in [2.24, 2.45) is 11.7 Å². The standard InChI is InChI=1S/C18H19FN2O3S2/c1-12(17(22)18(20)25)2-3-13-4-10-16(11-5-13)26(23,24)21-15-8-6-14(19)7-9-15/h2-12,17,21-22H,1H3,(H2,20,25)/b3-2+. The Morgan fingerprint density at radius 2 is 1.77 bits per heavy atom. The Morgan fingerprint density at radius 1 is 1.19 bits per heavy atom. The van der Waals surface area contributed by atoms with Crippen molar-refractivity contribution >= 4 is 39.0 Å². The summed E-state index contributed by atoms with van der Waals surface area (Å²) in [5.41, 5.74) is 6.43. The van der Waals surface area contributed by atoms with Crippen LogP contribution in [0.25, 0.3) is 6.08 Å². The smallest absolute Gasteiger partial charge is 0.261 e. The number of aliphatic hydroxyl groups excluding tert-OH is 1. The van der Waals surface area contributed by atoms with Gasteiger partial charge in [-0.25, -0.2) is 12.8 Å². The fraction of sp³-hybridized carbons (Fsp3) is 0.167. The van der Waals surface area contributed by atoms with Crippen molar-refractivity contribution in [1.82, 2.24) is 0 Å². The summed E-state index contributed by atoms with van der Waals surface area (Å²) in [6.45, 7) is 1.77. The summed E-state index contributed by atoms with van der Waals surface area (Å²) in [5.74, 6) is -0.713. The minimum atomic E-state index is -3.77. The summed E-state index contributed by atoms with van der Waals surface area (Å²) >= 11 is 4.74. The van der Waals surface area contributed by atoms with E-state index in [0.717, 1.165) is 5.56 Å². The fourth-order valence-electron chi connectivity index (χ4n) is 2.12. The van der Waals surface area contributed by atoms with Crippen LogP contribution in [-0.2, 0) is 10.0 Å². The third-order valence-corrected chi connectivity index (χ3v) is 5.31. The van der Waals surface area contributed by atoms with Crippen LogP contribution in [0.3, 0.4) is 0 Å². The van der Waals surface area contributed by atoms with Gasteiger partial charge in [0.2, 0.25) is 0 Å². The molecule has 0 aromatic heterocycles. The summed E-state index contributed by atoms with van der Waals surface area (Å²) < 4.78 is 40.0. The molecular weight excluding hydrogens is 375 g/mol. The lowest BCUT2D eigenvalue weighted by molar-refractivity contribution is 0.205. The van der Waals surface area contributed by atoms with Crippen LogP contribution in [-0.4, -0.2) is 24.6 Å². The van der Waals surface area contributed by atoms with Crippen LogP contribution < -0.4 is 10.5 Å². The first kappa shape index (κ1) is 20.0. The highest BCUT2D eigenvalue weighted by molar-refractivity contribution is 7.92. The minimum Gasteiger partial charge on any atom is -0.391 e. The van der Waals surface area contributed by atoms with Crippen LogP contribution in [0, 0.1) is 11.7 Å². The molecule has 2 atom stereocenters. The highest BCUT2D eigenvalue weighted by Gasteiger charge is 2.15. The number of aliphatic hydroxyl groups is 1. The van der Waals surface area contributed by atoms with Gasteiger partial charge in [0.05, 0.1) is 4.90 Å². The number of rotatable bonds is 7. The first-order valence-corrected chi connectivity index (χ1v) is 9.62. The van der Waals surface area contributed by atoms with Gasteiger partial charge in [-0.3, -0.25) is 4.72 Å². The molecule has 26 heavy (non-hydrogen) atoms. The molecule has 0 aliphatic rings. The normalized spacial score (nSPS) is 14.1. The molecule has 0 spiro atoms. The first-order valence-electron chi connectivity index (χ1n) is 7.73. The van der Waals surface area contributed by atoms with Crippen molar-refractivity contribution in [3.05, 3.63) is 66.0 Å². The minimum absolute atomic E-state index is 0.0236. The monoisotopic (exact) mass is 394 g/mol. The van der Waals surface area contributed by atoms with Crippen molar-refractivity contribution in [2.45, 2.75) is 17.9 Å². The molecule has 0 saturated carbocycles.